The zero-order valence-electron chi connectivity index (χ0n) is 15.4. The first-order valence-corrected chi connectivity index (χ1v) is 9.09. The lowest BCUT2D eigenvalue weighted by Gasteiger charge is -2.35. The average Bonchev–Trinajstić information content (AvgIpc) is 2.59. The Morgan fingerprint density at radius 3 is 2.29 bits per heavy atom. The lowest BCUT2D eigenvalue weighted by Crippen LogP contribution is -2.51. The van der Waals surface area contributed by atoms with Crippen LogP contribution in [0.15, 0.2) is 4.99 Å². The summed E-state index contributed by atoms with van der Waals surface area (Å²) in [6, 6.07) is 1.07. The molecule has 0 saturated carbocycles. The van der Waals surface area contributed by atoms with Crippen LogP contribution in [0.5, 0.6) is 0 Å². The highest BCUT2D eigenvalue weighted by atomic mass is 127. The summed E-state index contributed by atoms with van der Waals surface area (Å²) in [7, 11) is 1.77. The van der Waals surface area contributed by atoms with Crippen LogP contribution >= 0.6 is 24.0 Å². The molecule has 6 nitrogen and oxygen atoms in total. The van der Waals surface area contributed by atoms with E-state index in [1.54, 1.807) is 7.05 Å². The Morgan fingerprint density at radius 1 is 1.12 bits per heavy atom. The van der Waals surface area contributed by atoms with E-state index in [0.29, 0.717) is 18.6 Å². The molecule has 0 radical (unpaired) electrons. The number of nitrogens with one attached hydrogen (secondary N) is 2. The van der Waals surface area contributed by atoms with E-state index < -0.39 is 0 Å². The molecule has 2 heterocycles. The van der Waals surface area contributed by atoms with Crippen molar-refractivity contribution in [2.24, 2.45) is 4.99 Å². The zero-order valence-corrected chi connectivity index (χ0v) is 17.7. The molecular formula is C17H34IN5O. The molecule has 0 unspecified atom stereocenters. The van der Waals surface area contributed by atoms with E-state index in [-0.39, 0.29) is 29.9 Å². The number of hydrogen-bond acceptors (Lipinski definition) is 3. The van der Waals surface area contributed by atoms with Crippen molar-refractivity contribution in [3.63, 3.8) is 0 Å². The van der Waals surface area contributed by atoms with Crippen LogP contribution in [-0.4, -0.2) is 73.5 Å². The normalized spacial score (nSPS) is 20.7. The van der Waals surface area contributed by atoms with Crippen molar-refractivity contribution in [3.8, 4) is 0 Å². The van der Waals surface area contributed by atoms with Crippen LogP contribution in [0.1, 0.15) is 46.0 Å². The van der Waals surface area contributed by atoms with Gasteiger partial charge in [0.1, 0.15) is 0 Å². The number of piperidine rings is 2. The van der Waals surface area contributed by atoms with Gasteiger partial charge in [-0.3, -0.25) is 9.79 Å². The second-order valence-corrected chi connectivity index (χ2v) is 6.92. The number of likely N-dealkylation sites (tertiary alicyclic amines) is 2. The molecule has 0 aromatic heterocycles. The minimum Gasteiger partial charge on any atom is -0.354 e. The van der Waals surface area contributed by atoms with Crippen molar-refractivity contribution < 1.29 is 4.79 Å². The molecule has 2 N–H and O–H groups in total. The molecule has 0 aromatic rings. The number of amides is 1. The van der Waals surface area contributed by atoms with Gasteiger partial charge in [-0.15, -0.1) is 24.0 Å². The molecule has 2 aliphatic rings. The van der Waals surface area contributed by atoms with Crippen molar-refractivity contribution in [1.29, 1.82) is 0 Å². The molecule has 2 saturated heterocycles. The molecule has 0 spiro atoms. The quantitative estimate of drug-likeness (QED) is 0.388. The monoisotopic (exact) mass is 451 g/mol. The maximum atomic E-state index is 12.2. The van der Waals surface area contributed by atoms with Gasteiger partial charge in [-0.2, -0.15) is 0 Å². The first kappa shape index (κ1) is 21.5. The molecule has 0 bridgehead atoms. The summed E-state index contributed by atoms with van der Waals surface area (Å²) in [5.41, 5.74) is 0. The highest BCUT2D eigenvalue weighted by molar-refractivity contribution is 14.0. The first-order valence-electron chi connectivity index (χ1n) is 9.09. The smallest absolute Gasteiger partial charge is 0.241 e. The minimum atomic E-state index is 0. The zero-order chi connectivity index (χ0) is 16.7. The molecule has 2 aliphatic heterocycles. The Labute approximate surface area is 163 Å². The lowest BCUT2D eigenvalue weighted by atomic mass is 10.0. The summed E-state index contributed by atoms with van der Waals surface area (Å²) in [5, 5.41) is 6.65. The number of rotatable bonds is 4. The van der Waals surface area contributed by atoms with E-state index in [0.717, 1.165) is 57.8 Å². The molecular weight excluding hydrogens is 417 g/mol. The third kappa shape index (κ3) is 6.74. The summed E-state index contributed by atoms with van der Waals surface area (Å²) in [5.74, 6) is 0.931. The third-order valence-corrected chi connectivity index (χ3v) is 4.94. The van der Waals surface area contributed by atoms with Gasteiger partial charge in [0.2, 0.25) is 5.91 Å². The van der Waals surface area contributed by atoms with E-state index in [1.807, 2.05) is 4.90 Å². The van der Waals surface area contributed by atoms with Gasteiger partial charge in [-0.05, 0) is 46.0 Å². The Bertz CT molecular complexity index is 402. The third-order valence-electron chi connectivity index (χ3n) is 4.94. The van der Waals surface area contributed by atoms with Gasteiger partial charge >= 0.3 is 0 Å². The standard InChI is InChI=1S/C17H33N5O.HI/c1-14(2)21-11-7-15(8-12-21)20-17(18-3)19-13-16(23)22-9-5-4-6-10-22;/h14-15H,4-13H2,1-3H3,(H2,18,19,20);1H. The van der Waals surface area contributed by atoms with Crippen LogP contribution in [0.2, 0.25) is 0 Å². The Balaban J connectivity index is 0.00000288. The number of hydrogen-bond donors (Lipinski definition) is 2. The fourth-order valence-corrected chi connectivity index (χ4v) is 3.36. The second-order valence-electron chi connectivity index (χ2n) is 6.92. The van der Waals surface area contributed by atoms with Gasteiger partial charge in [-0.1, -0.05) is 0 Å². The van der Waals surface area contributed by atoms with Gasteiger partial charge in [0.15, 0.2) is 5.96 Å². The van der Waals surface area contributed by atoms with Crippen LogP contribution in [0.4, 0.5) is 0 Å². The van der Waals surface area contributed by atoms with Crippen molar-refractivity contribution in [2.45, 2.75) is 58.0 Å². The van der Waals surface area contributed by atoms with Crippen LogP contribution in [0.3, 0.4) is 0 Å². The molecule has 2 fully saturated rings. The average molecular weight is 451 g/mol. The van der Waals surface area contributed by atoms with Gasteiger partial charge < -0.3 is 20.4 Å². The van der Waals surface area contributed by atoms with Crippen molar-refractivity contribution in [1.82, 2.24) is 20.4 Å². The molecule has 1 amide bonds. The van der Waals surface area contributed by atoms with Gasteiger partial charge in [0.05, 0.1) is 6.54 Å². The molecule has 0 aliphatic carbocycles. The van der Waals surface area contributed by atoms with Gasteiger partial charge in [-0.25, -0.2) is 0 Å². The predicted octanol–water partition coefficient (Wildman–Crippen LogP) is 1.65. The molecule has 24 heavy (non-hydrogen) atoms. The molecule has 0 aromatic carbocycles. The summed E-state index contributed by atoms with van der Waals surface area (Å²) in [4.78, 5) is 20.9. The van der Waals surface area contributed by atoms with Gasteiger partial charge in [0, 0.05) is 45.3 Å². The minimum absolute atomic E-state index is 0. The predicted molar refractivity (Wildman–Crippen MR) is 110 cm³/mol. The molecule has 140 valence electrons. The highest BCUT2D eigenvalue weighted by Gasteiger charge is 2.22. The summed E-state index contributed by atoms with van der Waals surface area (Å²) in [6.45, 7) is 8.89. The number of halogens is 1. The van der Waals surface area contributed by atoms with E-state index in [2.05, 4.69) is 34.4 Å². The van der Waals surface area contributed by atoms with E-state index in [4.69, 9.17) is 0 Å². The van der Waals surface area contributed by atoms with Crippen molar-refractivity contribution in [3.05, 3.63) is 0 Å². The summed E-state index contributed by atoms with van der Waals surface area (Å²) in [6.07, 6.45) is 5.76. The summed E-state index contributed by atoms with van der Waals surface area (Å²) >= 11 is 0. The Kier molecular flexibility index (Phi) is 9.95. The van der Waals surface area contributed by atoms with Crippen molar-refractivity contribution in [2.75, 3.05) is 39.8 Å². The Morgan fingerprint density at radius 2 is 1.75 bits per heavy atom. The molecule has 2 rings (SSSR count). The summed E-state index contributed by atoms with van der Waals surface area (Å²) < 4.78 is 0. The topological polar surface area (TPSA) is 60.0 Å². The van der Waals surface area contributed by atoms with E-state index in [9.17, 15) is 4.79 Å². The maximum Gasteiger partial charge on any atom is 0.241 e. The first-order chi connectivity index (χ1) is 11.1. The second kappa shape index (κ2) is 11.1. The fraction of sp³-hybridized carbons (Fsp3) is 0.882. The van der Waals surface area contributed by atoms with Crippen LogP contribution in [-0.2, 0) is 4.79 Å². The number of guanidine groups is 1. The maximum absolute atomic E-state index is 12.2. The van der Waals surface area contributed by atoms with Crippen LogP contribution in [0.25, 0.3) is 0 Å². The van der Waals surface area contributed by atoms with Gasteiger partial charge in [0.25, 0.3) is 0 Å². The van der Waals surface area contributed by atoms with E-state index in [1.165, 1.54) is 6.42 Å². The largest absolute Gasteiger partial charge is 0.354 e. The fourth-order valence-electron chi connectivity index (χ4n) is 3.36. The van der Waals surface area contributed by atoms with E-state index >= 15 is 0 Å². The molecule has 7 heteroatoms. The van der Waals surface area contributed by atoms with Crippen molar-refractivity contribution >= 4 is 35.8 Å². The highest BCUT2D eigenvalue weighted by Crippen LogP contribution is 2.12. The SMILES string of the molecule is CN=C(NCC(=O)N1CCCCC1)NC1CCN(C(C)C)CC1.I. The van der Waals surface area contributed by atoms with Crippen LogP contribution < -0.4 is 10.6 Å². The number of carbonyl (C=O) groups excluding carboxylic acids is 1. The molecule has 0 atom stereocenters. The Hall–Kier alpha value is -0.570. The number of carbonyl (C=O) groups is 1. The van der Waals surface area contributed by atoms with Crippen LogP contribution in [0, 0.1) is 0 Å². The number of aliphatic imine (C=N–C) groups is 1. The number of nitrogens with zero attached hydrogens (tertiary/aromatic N) is 3. The lowest BCUT2D eigenvalue weighted by molar-refractivity contribution is -0.130.